The minimum Gasteiger partial charge on any atom is -0.345 e. The third-order valence-electron chi connectivity index (χ3n) is 2.42. The maximum atomic E-state index is 12.9. The summed E-state index contributed by atoms with van der Waals surface area (Å²) in [4.78, 5) is 11.6. The lowest BCUT2D eigenvalue weighted by atomic mass is 9.92. The van der Waals surface area contributed by atoms with Gasteiger partial charge in [0.15, 0.2) is 0 Å². The van der Waals surface area contributed by atoms with Gasteiger partial charge in [0.25, 0.3) is 11.8 Å². The maximum absolute atomic E-state index is 12.9. The van der Waals surface area contributed by atoms with E-state index in [2.05, 4.69) is 15.5 Å². The lowest BCUT2D eigenvalue weighted by molar-refractivity contribution is 0.0118. The molecule has 0 aromatic carbocycles. The van der Waals surface area contributed by atoms with E-state index in [0.717, 1.165) is 5.69 Å². The van der Waals surface area contributed by atoms with Crippen LogP contribution >= 0.6 is 0 Å². The Morgan fingerprint density at radius 3 is 2.56 bits per heavy atom. The van der Waals surface area contributed by atoms with Crippen molar-refractivity contribution in [2.24, 2.45) is 5.73 Å². The highest BCUT2D eigenvalue weighted by atomic mass is 19.3. The quantitative estimate of drug-likeness (QED) is 0.756. The minimum absolute atomic E-state index is 0.0905. The van der Waals surface area contributed by atoms with Gasteiger partial charge in [-0.05, 0) is 6.07 Å². The van der Waals surface area contributed by atoms with E-state index < -0.39 is 24.9 Å². The molecule has 18 heavy (non-hydrogen) atoms. The van der Waals surface area contributed by atoms with Crippen molar-refractivity contribution in [3.05, 3.63) is 17.5 Å². The highest BCUT2D eigenvalue weighted by molar-refractivity contribution is 5.92. The van der Waals surface area contributed by atoms with Crippen LogP contribution in [0.3, 0.4) is 0 Å². The second-order valence-electron chi connectivity index (χ2n) is 5.16. The van der Waals surface area contributed by atoms with Gasteiger partial charge in [0.05, 0.1) is 13.1 Å². The molecule has 5 nitrogen and oxygen atoms in total. The number of alkyl halides is 2. The van der Waals surface area contributed by atoms with Crippen LogP contribution in [-0.2, 0) is 5.41 Å². The molecule has 0 spiro atoms. The van der Waals surface area contributed by atoms with Gasteiger partial charge in [-0.2, -0.15) is 5.10 Å². The molecule has 1 aromatic heterocycles. The fraction of sp³-hybridized carbons (Fsp3) is 0.636. The summed E-state index contributed by atoms with van der Waals surface area (Å²) in [6.45, 7) is 4.25. The summed E-state index contributed by atoms with van der Waals surface area (Å²) in [5.74, 6) is -3.74. The summed E-state index contributed by atoms with van der Waals surface area (Å²) < 4.78 is 25.7. The van der Waals surface area contributed by atoms with Crippen molar-refractivity contribution in [3.63, 3.8) is 0 Å². The van der Waals surface area contributed by atoms with Crippen molar-refractivity contribution < 1.29 is 13.6 Å². The monoisotopic (exact) mass is 260 g/mol. The van der Waals surface area contributed by atoms with Gasteiger partial charge in [-0.3, -0.25) is 9.89 Å². The zero-order valence-corrected chi connectivity index (χ0v) is 10.7. The Hall–Kier alpha value is -1.50. The van der Waals surface area contributed by atoms with Crippen molar-refractivity contribution in [2.75, 3.05) is 13.1 Å². The van der Waals surface area contributed by atoms with Crippen LogP contribution in [0.5, 0.6) is 0 Å². The van der Waals surface area contributed by atoms with Crippen molar-refractivity contribution >= 4 is 5.91 Å². The predicted molar refractivity (Wildman–Crippen MR) is 63.6 cm³/mol. The molecular formula is C11H18F2N4O. The first-order valence-corrected chi connectivity index (χ1v) is 5.58. The van der Waals surface area contributed by atoms with E-state index in [9.17, 15) is 13.6 Å². The van der Waals surface area contributed by atoms with Gasteiger partial charge in [0.1, 0.15) is 5.69 Å². The summed E-state index contributed by atoms with van der Waals surface area (Å²) in [7, 11) is 0. The second-order valence-corrected chi connectivity index (χ2v) is 5.16. The number of nitrogens with zero attached hydrogens (tertiary/aromatic N) is 1. The molecule has 4 N–H and O–H groups in total. The van der Waals surface area contributed by atoms with E-state index in [1.54, 1.807) is 6.07 Å². The molecule has 0 aliphatic rings. The van der Waals surface area contributed by atoms with Crippen LogP contribution in [0.15, 0.2) is 6.07 Å². The number of carbonyl (C=O) groups is 1. The summed E-state index contributed by atoms with van der Waals surface area (Å²) in [6.07, 6.45) is 0. The standard InChI is InChI=1S/C11H18F2N4O/c1-10(2,3)8-4-7(16-17-8)9(18)15-6-11(12,13)5-14/h4H,5-6,14H2,1-3H3,(H,15,18)(H,16,17). The van der Waals surface area contributed by atoms with Crippen LogP contribution in [0.2, 0.25) is 0 Å². The Bertz CT molecular complexity index is 423. The number of aromatic amines is 1. The SMILES string of the molecule is CC(C)(C)c1cc(C(=O)NCC(F)(F)CN)n[nH]1. The van der Waals surface area contributed by atoms with Crippen molar-refractivity contribution in [2.45, 2.75) is 32.1 Å². The number of nitrogens with one attached hydrogen (secondary N) is 2. The summed E-state index contributed by atoms with van der Waals surface area (Å²) in [6, 6.07) is 1.55. The molecule has 102 valence electrons. The van der Waals surface area contributed by atoms with E-state index >= 15 is 0 Å². The average molecular weight is 260 g/mol. The van der Waals surface area contributed by atoms with Gasteiger partial charge in [0, 0.05) is 11.1 Å². The molecule has 0 unspecified atom stereocenters. The molecule has 1 aromatic rings. The lowest BCUT2D eigenvalue weighted by Crippen LogP contribution is -2.41. The average Bonchev–Trinajstić information content (AvgIpc) is 2.75. The Kier molecular flexibility index (Phi) is 4.05. The van der Waals surface area contributed by atoms with E-state index in [1.807, 2.05) is 20.8 Å². The van der Waals surface area contributed by atoms with Gasteiger partial charge in [0.2, 0.25) is 0 Å². The molecule has 1 rings (SSSR count). The largest absolute Gasteiger partial charge is 0.345 e. The van der Waals surface area contributed by atoms with Gasteiger partial charge in [-0.25, -0.2) is 8.78 Å². The van der Waals surface area contributed by atoms with Crippen LogP contribution in [0.1, 0.15) is 37.0 Å². The molecule has 1 heterocycles. The molecule has 0 saturated heterocycles. The highest BCUT2D eigenvalue weighted by Gasteiger charge is 2.28. The van der Waals surface area contributed by atoms with Crippen LogP contribution in [0.4, 0.5) is 8.78 Å². The number of halogens is 2. The van der Waals surface area contributed by atoms with Gasteiger partial charge < -0.3 is 11.1 Å². The minimum atomic E-state index is -3.10. The zero-order chi connectivity index (χ0) is 14.0. The van der Waals surface area contributed by atoms with Gasteiger partial charge in [-0.15, -0.1) is 0 Å². The number of H-pyrrole nitrogens is 1. The predicted octanol–water partition coefficient (Wildman–Crippen LogP) is 1.03. The lowest BCUT2D eigenvalue weighted by Gasteiger charge is -2.15. The van der Waals surface area contributed by atoms with Crippen molar-refractivity contribution in [1.29, 1.82) is 0 Å². The van der Waals surface area contributed by atoms with Crippen LogP contribution < -0.4 is 11.1 Å². The van der Waals surface area contributed by atoms with E-state index in [0.29, 0.717) is 0 Å². The van der Waals surface area contributed by atoms with E-state index in [4.69, 9.17) is 5.73 Å². The summed E-state index contributed by atoms with van der Waals surface area (Å²) in [5, 5.41) is 8.61. The molecule has 0 bridgehead atoms. The Morgan fingerprint density at radius 1 is 1.50 bits per heavy atom. The first kappa shape index (κ1) is 14.6. The van der Waals surface area contributed by atoms with Crippen LogP contribution in [0.25, 0.3) is 0 Å². The first-order chi connectivity index (χ1) is 8.15. The third kappa shape index (κ3) is 3.76. The number of aromatic nitrogens is 2. The van der Waals surface area contributed by atoms with Crippen LogP contribution in [-0.4, -0.2) is 35.1 Å². The summed E-state index contributed by atoms with van der Waals surface area (Å²) >= 11 is 0. The second kappa shape index (κ2) is 5.01. The summed E-state index contributed by atoms with van der Waals surface area (Å²) in [5.41, 5.74) is 5.53. The van der Waals surface area contributed by atoms with Crippen molar-refractivity contribution in [1.82, 2.24) is 15.5 Å². The number of amides is 1. The molecular weight excluding hydrogens is 242 g/mol. The van der Waals surface area contributed by atoms with Gasteiger partial charge in [-0.1, -0.05) is 20.8 Å². The Labute approximate surface area is 104 Å². The Balaban J connectivity index is 2.66. The van der Waals surface area contributed by atoms with E-state index in [1.165, 1.54) is 0 Å². The highest BCUT2D eigenvalue weighted by Crippen LogP contribution is 2.20. The third-order valence-corrected chi connectivity index (χ3v) is 2.42. The first-order valence-electron chi connectivity index (χ1n) is 5.58. The molecule has 0 aliphatic heterocycles. The number of hydrogen-bond acceptors (Lipinski definition) is 3. The normalized spacial score (nSPS) is 12.6. The number of carbonyl (C=O) groups excluding carboxylic acids is 1. The smallest absolute Gasteiger partial charge is 0.277 e. The molecule has 7 heteroatoms. The fourth-order valence-corrected chi connectivity index (χ4v) is 1.19. The molecule has 0 fully saturated rings. The number of hydrogen-bond donors (Lipinski definition) is 3. The zero-order valence-electron chi connectivity index (χ0n) is 10.7. The van der Waals surface area contributed by atoms with Crippen molar-refractivity contribution in [3.8, 4) is 0 Å². The topological polar surface area (TPSA) is 83.8 Å². The number of nitrogens with two attached hydrogens (primary N) is 1. The van der Waals surface area contributed by atoms with E-state index in [-0.39, 0.29) is 11.1 Å². The molecule has 0 atom stereocenters. The maximum Gasteiger partial charge on any atom is 0.277 e. The molecule has 1 amide bonds. The van der Waals surface area contributed by atoms with Gasteiger partial charge >= 0.3 is 0 Å². The molecule has 0 aliphatic carbocycles. The number of rotatable bonds is 4. The fourth-order valence-electron chi connectivity index (χ4n) is 1.19. The molecule has 0 radical (unpaired) electrons. The Morgan fingerprint density at radius 2 is 2.11 bits per heavy atom. The molecule has 0 saturated carbocycles. The van der Waals surface area contributed by atoms with Crippen LogP contribution in [0, 0.1) is 0 Å².